The first kappa shape index (κ1) is 38.1. The van der Waals surface area contributed by atoms with E-state index < -0.39 is 0 Å². The molecule has 0 aliphatic carbocycles. The normalized spacial score (nSPS) is 10.9. The third-order valence-electron chi connectivity index (χ3n) is 8.81. The Kier molecular flexibility index (Phi) is 13.1. The van der Waals surface area contributed by atoms with Gasteiger partial charge in [-0.05, 0) is 44.9 Å². The fraction of sp³-hybridized carbons (Fsp3) is 0.200. The molecular weight excluding hydrogens is 660 g/mol. The topological polar surface area (TPSA) is 0 Å². The Balaban J connectivity index is 0.000000233. The number of benzene rings is 5. The second kappa shape index (κ2) is 16.2. The first-order valence-corrected chi connectivity index (χ1v) is 20.0. The van der Waals surface area contributed by atoms with E-state index in [2.05, 4.69) is 177 Å². The predicted octanol–water partition coefficient (Wildman–Crippen LogP) is 13.2. The molecule has 0 aliphatic heterocycles. The van der Waals surface area contributed by atoms with E-state index >= 15 is 0 Å². The van der Waals surface area contributed by atoms with E-state index in [9.17, 15) is 0 Å². The van der Waals surface area contributed by atoms with Crippen molar-refractivity contribution in [2.45, 2.75) is 59.8 Å². The van der Waals surface area contributed by atoms with Crippen molar-refractivity contribution in [1.82, 2.24) is 0 Å². The van der Waals surface area contributed by atoms with Crippen molar-refractivity contribution >= 4 is 39.2 Å². The van der Waals surface area contributed by atoms with Crippen LogP contribution in [0.5, 0.6) is 0 Å². The Labute approximate surface area is 301 Å². The van der Waals surface area contributed by atoms with Gasteiger partial charge in [-0.2, -0.15) is 12.1 Å². The zero-order chi connectivity index (χ0) is 32.3. The first-order chi connectivity index (χ1) is 21.6. The van der Waals surface area contributed by atoms with Crippen molar-refractivity contribution in [3.63, 3.8) is 0 Å². The molecule has 0 heterocycles. The van der Waals surface area contributed by atoms with Crippen LogP contribution in [0.15, 0.2) is 121 Å². The van der Waals surface area contributed by atoms with Gasteiger partial charge in [0.1, 0.15) is 0 Å². The van der Waals surface area contributed by atoms with Gasteiger partial charge in [-0.25, -0.2) is 0 Å². The van der Waals surface area contributed by atoms with E-state index in [0.717, 1.165) is 0 Å². The van der Waals surface area contributed by atoms with E-state index in [4.69, 9.17) is 0 Å². The molecule has 0 saturated carbocycles. The van der Waals surface area contributed by atoms with Crippen molar-refractivity contribution in [3.8, 4) is 22.3 Å². The van der Waals surface area contributed by atoms with Gasteiger partial charge in [-0.15, -0.1) is 68.6 Å². The van der Waals surface area contributed by atoms with Crippen molar-refractivity contribution in [2.75, 3.05) is 0 Å². The fourth-order valence-corrected chi connectivity index (χ4v) is 6.19. The van der Waals surface area contributed by atoms with Crippen molar-refractivity contribution in [3.05, 3.63) is 158 Å². The average molecular weight is 708 g/mol. The van der Waals surface area contributed by atoms with Crippen LogP contribution in [0, 0.1) is 28.7 Å². The molecule has 47 heavy (non-hydrogen) atoms. The van der Waals surface area contributed by atoms with Crippen LogP contribution < -0.4 is 0 Å². The van der Waals surface area contributed by atoms with Crippen LogP contribution in [0.4, 0.5) is 0 Å². The summed E-state index contributed by atoms with van der Waals surface area (Å²) < 4.78 is 0. The minimum absolute atomic E-state index is 0. The van der Waals surface area contributed by atoms with Crippen molar-refractivity contribution in [1.29, 1.82) is 0 Å². The third kappa shape index (κ3) is 8.40. The Bertz CT molecular complexity index is 2060. The maximum absolute atomic E-state index is 3.06. The minimum atomic E-state index is 0. The van der Waals surface area contributed by atoms with Crippen LogP contribution in [0.1, 0.15) is 62.8 Å². The molecule has 0 aliphatic rings. The molecule has 7 rings (SSSR count). The van der Waals surface area contributed by atoms with E-state index in [1.165, 1.54) is 100 Å². The summed E-state index contributed by atoms with van der Waals surface area (Å²) in [7, 11) is 0. The van der Waals surface area contributed by atoms with Gasteiger partial charge in [0, 0.05) is 0 Å². The molecule has 0 amide bonds. The second-order valence-electron chi connectivity index (χ2n) is 13.4. The van der Waals surface area contributed by atoms with Gasteiger partial charge in [-0.3, -0.25) is 0 Å². The van der Waals surface area contributed by atoms with Crippen LogP contribution in [0.25, 0.3) is 54.6 Å². The number of fused-ring (bicyclic) bond motifs is 3. The summed E-state index contributed by atoms with van der Waals surface area (Å²) in [5, 5.41) is 8.05. The summed E-state index contributed by atoms with van der Waals surface area (Å²) in [6.07, 6.45) is 0. The van der Waals surface area contributed by atoms with Gasteiger partial charge in [0.05, 0.1) is 0 Å². The van der Waals surface area contributed by atoms with Crippen LogP contribution in [0.3, 0.4) is 0 Å². The molecule has 0 N–H and O–H groups in total. The van der Waals surface area contributed by atoms with Gasteiger partial charge in [-0.1, -0.05) is 132 Å². The summed E-state index contributed by atoms with van der Waals surface area (Å²) in [4.78, 5) is 0. The van der Waals surface area contributed by atoms with E-state index in [1.807, 2.05) is 0 Å². The van der Waals surface area contributed by atoms with Gasteiger partial charge in [0.25, 0.3) is 0 Å². The quantitative estimate of drug-likeness (QED) is 0.127. The molecule has 0 aromatic heterocycles. The van der Waals surface area contributed by atoms with E-state index in [-0.39, 0.29) is 20.3 Å². The number of hydrogen-bond acceptors (Lipinski definition) is 0. The van der Waals surface area contributed by atoms with Crippen molar-refractivity contribution in [2.24, 2.45) is 0 Å². The van der Waals surface area contributed by atoms with Gasteiger partial charge in [0.15, 0.2) is 0 Å². The number of aryl methyl sites for hydroxylation is 2. The Morgan fingerprint density at radius 1 is 0.617 bits per heavy atom. The first-order valence-electron chi connectivity index (χ1n) is 15.8. The molecule has 0 unspecified atom stereocenters. The molecule has 0 spiro atoms. The fourth-order valence-electron chi connectivity index (χ4n) is 6.19. The van der Waals surface area contributed by atoms with Crippen molar-refractivity contribution < 1.29 is 23.3 Å². The summed E-state index contributed by atoms with van der Waals surface area (Å²) in [5.74, 6) is 0.573. The monoisotopic (exact) mass is 706 g/mol. The molecule has 2 radical (unpaired) electrons. The third-order valence-corrected chi connectivity index (χ3v) is 8.81. The molecule has 2 heteroatoms. The van der Waals surface area contributed by atoms with Crippen LogP contribution in [0.2, 0.25) is 0 Å². The molecule has 7 aromatic rings. The predicted molar refractivity (Wildman–Crippen MR) is 208 cm³/mol. The Hall–Kier alpha value is -3.32. The van der Waals surface area contributed by atoms with Crippen LogP contribution >= 0.6 is 0 Å². The maximum atomic E-state index is 3.06. The number of hydrogen-bond donors (Lipinski definition) is 0. The summed E-state index contributed by atoms with van der Waals surface area (Å²) >= 11 is 1.36. The van der Waals surface area contributed by atoms with Gasteiger partial charge < -0.3 is 14.9 Å². The molecule has 0 bridgehead atoms. The van der Waals surface area contributed by atoms with Crippen LogP contribution in [-0.4, -0.2) is 6.88 Å². The zero-order valence-electron chi connectivity index (χ0n) is 29.6. The molecule has 7 aromatic carbocycles. The Morgan fingerprint density at radius 3 is 1.91 bits per heavy atom. The molecule has 0 saturated heterocycles. The molecule has 0 atom stereocenters. The van der Waals surface area contributed by atoms with Crippen LogP contribution in [-0.2, 0) is 28.8 Å². The number of rotatable bonds is 3. The van der Waals surface area contributed by atoms with E-state index in [0.29, 0.717) is 5.92 Å². The summed E-state index contributed by atoms with van der Waals surface area (Å²) in [6, 6.07) is 44.7. The second-order valence-corrected chi connectivity index (χ2v) is 13.4. The standard InChI is InChI=1S/C22H25.C21H17.2CH3.Si.Zr/c1-15(2)18-13-17-7-6-8-20(21(17)14-18)16-9-11-19(12-10-16)22(3,4)5;1-14-11-20-15(2)7-10-19(21(20)12-14)18-9-8-16-5-3-4-6-17(16)13-18;;;;/h6-15H,1-5H3;3-13H,1-2H3;2*1H3;;/q4*-1;;. The molecule has 0 fully saturated rings. The Morgan fingerprint density at radius 2 is 1.26 bits per heavy atom. The zero-order valence-corrected chi connectivity index (χ0v) is 33.1. The average Bonchev–Trinajstić information content (AvgIpc) is 3.66. The summed E-state index contributed by atoms with van der Waals surface area (Å²) in [6.45, 7) is 18.7. The van der Waals surface area contributed by atoms with E-state index in [1.54, 1.807) is 0 Å². The van der Waals surface area contributed by atoms with Gasteiger partial charge >= 0.3 is 30.2 Å². The summed E-state index contributed by atoms with van der Waals surface area (Å²) in [5.41, 5.74) is 11.0. The SMILES string of the molecule is CC(C)c1cc2c(-c3ccc(C(C)(C)C)cc3)cccc2[cH-]1.Cc1cc2c(-c3ccc4ccccc4c3)ccc(C)c2[cH-]1.[CH3-].[CH3-].[Si]=[Zr]. The van der Waals surface area contributed by atoms with Gasteiger partial charge in [0.2, 0.25) is 0 Å². The molecular formula is C45H48SiZr-4. The molecule has 240 valence electrons. The molecule has 0 nitrogen and oxygen atoms in total.